The van der Waals surface area contributed by atoms with Crippen molar-refractivity contribution in [1.82, 2.24) is 10.2 Å². The highest BCUT2D eigenvalue weighted by atomic mass is 16.7. The highest BCUT2D eigenvalue weighted by molar-refractivity contribution is 6.62. The number of nitrogens with one attached hydrogen (secondary N) is 1. The van der Waals surface area contributed by atoms with Gasteiger partial charge in [0.2, 0.25) is 5.91 Å². The maximum atomic E-state index is 13.5. The van der Waals surface area contributed by atoms with Crippen LogP contribution in [0.4, 0.5) is 10.5 Å². The van der Waals surface area contributed by atoms with Crippen molar-refractivity contribution >= 4 is 42.2 Å². The third-order valence-electron chi connectivity index (χ3n) is 6.72. The topological polar surface area (TPSA) is 89.5 Å². The van der Waals surface area contributed by atoms with E-state index < -0.39 is 30.0 Å². The van der Waals surface area contributed by atoms with Gasteiger partial charge in [-0.05, 0) is 78.9 Å². The highest BCUT2D eigenvalue weighted by Gasteiger charge is 2.51. The Morgan fingerprint density at radius 3 is 2.22 bits per heavy atom. The second-order valence-corrected chi connectivity index (χ2v) is 11.7. The lowest BCUT2D eigenvalue weighted by molar-refractivity contribution is -0.127. The van der Waals surface area contributed by atoms with E-state index in [0.29, 0.717) is 30.2 Å². The molecule has 0 radical (unpaired) electrons. The Morgan fingerprint density at radius 1 is 1.08 bits per heavy atom. The number of amidine groups is 1. The zero-order valence-corrected chi connectivity index (χ0v) is 23.9. The van der Waals surface area contributed by atoms with E-state index in [-0.39, 0.29) is 12.3 Å². The van der Waals surface area contributed by atoms with Gasteiger partial charge in [-0.1, -0.05) is 26.0 Å². The van der Waals surface area contributed by atoms with Crippen LogP contribution in [0.25, 0.3) is 6.08 Å². The van der Waals surface area contributed by atoms with Crippen LogP contribution in [0.15, 0.2) is 28.8 Å². The Balaban J connectivity index is 2.01. The van der Waals surface area contributed by atoms with E-state index in [1.165, 1.54) is 0 Å². The van der Waals surface area contributed by atoms with Crippen LogP contribution < -0.4 is 10.8 Å². The lowest BCUT2D eigenvalue weighted by atomic mass is 9.78. The first-order valence-corrected chi connectivity index (χ1v) is 13.2. The summed E-state index contributed by atoms with van der Waals surface area (Å²) >= 11 is 0. The number of amides is 2. The predicted octanol–water partition coefficient (Wildman–Crippen LogP) is 4.98. The lowest BCUT2D eigenvalue weighted by Gasteiger charge is -2.32. The van der Waals surface area contributed by atoms with Crippen molar-refractivity contribution in [3.8, 4) is 0 Å². The summed E-state index contributed by atoms with van der Waals surface area (Å²) in [6.45, 7) is 18.9. The third kappa shape index (κ3) is 7.02. The van der Waals surface area contributed by atoms with Gasteiger partial charge in [-0.3, -0.25) is 10.1 Å². The zero-order valence-electron chi connectivity index (χ0n) is 23.9. The number of ether oxygens (including phenoxy) is 1. The van der Waals surface area contributed by atoms with Crippen LogP contribution in [0.5, 0.6) is 0 Å². The molecule has 0 aromatic heterocycles. The molecule has 0 bridgehead atoms. The smallest absolute Gasteiger partial charge is 0.444 e. The molecule has 8 nitrogen and oxygen atoms in total. The van der Waals surface area contributed by atoms with Gasteiger partial charge in [0.25, 0.3) is 0 Å². The number of nitrogens with zero attached hydrogens (tertiary/aromatic N) is 2. The normalized spacial score (nSPS) is 18.4. The molecular formula is C28H42BN3O5. The van der Waals surface area contributed by atoms with Crippen molar-refractivity contribution < 1.29 is 23.6 Å². The minimum atomic E-state index is -0.662. The molecule has 1 N–H and O–H groups in total. The molecular weight excluding hydrogens is 469 g/mol. The van der Waals surface area contributed by atoms with Gasteiger partial charge in [0.1, 0.15) is 11.4 Å². The Bertz CT molecular complexity index is 1070. The molecule has 1 saturated heterocycles. The molecule has 0 aliphatic carbocycles. The number of carbonyl (C=O) groups is 2. The lowest BCUT2D eigenvalue weighted by Crippen LogP contribution is -2.41. The zero-order chi connectivity index (χ0) is 27.6. The van der Waals surface area contributed by atoms with Crippen molar-refractivity contribution in [3.05, 3.63) is 29.3 Å². The van der Waals surface area contributed by atoms with Crippen LogP contribution in [0.2, 0.25) is 0 Å². The van der Waals surface area contributed by atoms with E-state index in [4.69, 9.17) is 19.0 Å². The Kier molecular flexibility index (Phi) is 8.59. The molecule has 0 spiro atoms. The van der Waals surface area contributed by atoms with E-state index in [1.807, 2.05) is 56.9 Å². The van der Waals surface area contributed by atoms with Crippen LogP contribution in [-0.2, 0) is 18.8 Å². The Hall–Kier alpha value is -2.65. The molecule has 2 heterocycles. The molecule has 0 unspecified atom stereocenters. The average molecular weight is 511 g/mol. The third-order valence-corrected chi connectivity index (χ3v) is 6.72. The molecule has 202 valence electrons. The van der Waals surface area contributed by atoms with E-state index in [1.54, 1.807) is 20.8 Å². The van der Waals surface area contributed by atoms with Crippen molar-refractivity contribution in [3.63, 3.8) is 0 Å². The van der Waals surface area contributed by atoms with E-state index >= 15 is 0 Å². The minimum Gasteiger partial charge on any atom is -0.444 e. The molecule has 3 rings (SSSR count). The van der Waals surface area contributed by atoms with Crippen LogP contribution in [0, 0.1) is 0 Å². The van der Waals surface area contributed by atoms with Gasteiger partial charge in [0.05, 0.1) is 16.9 Å². The fraction of sp³-hybridized carbons (Fsp3) is 0.607. The number of fused-ring (bicyclic) bond motifs is 1. The minimum absolute atomic E-state index is 0.0507. The summed E-state index contributed by atoms with van der Waals surface area (Å²) in [5.74, 6) is 0.303. The second kappa shape index (κ2) is 11.0. The Morgan fingerprint density at radius 2 is 1.68 bits per heavy atom. The van der Waals surface area contributed by atoms with Gasteiger partial charge in [-0.15, -0.1) is 0 Å². The standard InChI is InChI=1S/C28H42BN3O5/c1-10-14-32(15-11-2)24(33)20-16-19-12-13-21(29-36-27(6,7)28(8,9)37-29)18-22(19)30-23(17-20)31-25(34)35-26(3,4)5/h12-13,16,18H,10-11,14-15,17H2,1-9H3,(H,30,31,34). The van der Waals surface area contributed by atoms with E-state index in [2.05, 4.69) is 19.2 Å². The molecule has 1 fully saturated rings. The largest absolute Gasteiger partial charge is 0.494 e. The SMILES string of the molecule is CCCN(CCC)C(=O)C1=Cc2ccc(B3OC(C)(C)C(C)(C)O3)cc2N=C(NC(=O)OC(C)(C)C)C1. The first-order chi connectivity index (χ1) is 17.2. The number of alkyl carbamates (subject to hydrolysis) is 1. The highest BCUT2D eigenvalue weighted by Crippen LogP contribution is 2.37. The fourth-order valence-corrected chi connectivity index (χ4v) is 4.20. The summed E-state index contributed by atoms with van der Waals surface area (Å²) < 4.78 is 17.9. The molecule has 0 saturated carbocycles. The molecule has 1 aromatic carbocycles. The summed E-state index contributed by atoms with van der Waals surface area (Å²) in [4.78, 5) is 32.8. The van der Waals surface area contributed by atoms with Crippen molar-refractivity contribution in [2.24, 2.45) is 4.99 Å². The van der Waals surface area contributed by atoms with Crippen LogP contribution in [0.1, 0.15) is 87.1 Å². The van der Waals surface area contributed by atoms with Crippen molar-refractivity contribution in [2.75, 3.05) is 13.1 Å². The van der Waals surface area contributed by atoms with Crippen LogP contribution in [-0.4, -0.2) is 59.7 Å². The first kappa shape index (κ1) is 28.9. The number of hydrogen-bond donors (Lipinski definition) is 1. The Labute approximate surface area is 222 Å². The van der Waals surface area contributed by atoms with Crippen molar-refractivity contribution in [2.45, 2.75) is 98.4 Å². The number of hydrogen-bond acceptors (Lipinski definition) is 6. The monoisotopic (exact) mass is 511 g/mol. The maximum absolute atomic E-state index is 13.5. The summed E-state index contributed by atoms with van der Waals surface area (Å²) in [6.07, 6.45) is 3.18. The number of rotatable bonds is 6. The number of benzene rings is 1. The average Bonchev–Trinajstić information content (AvgIpc) is 2.89. The first-order valence-electron chi connectivity index (χ1n) is 13.2. The second-order valence-electron chi connectivity index (χ2n) is 11.7. The van der Waals surface area contributed by atoms with Crippen LogP contribution >= 0.6 is 0 Å². The fourth-order valence-electron chi connectivity index (χ4n) is 4.20. The number of aliphatic imine (C=N–C) groups is 1. The van der Waals surface area contributed by atoms with Crippen LogP contribution in [0.3, 0.4) is 0 Å². The summed E-state index contributed by atoms with van der Waals surface area (Å²) in [7, 11) is -0.550. The molecule has 1 aromatic rings. The molecule has 37 heavy (non-hydrogen) atoms. The maximum Gasteiger partial charge on any atom is 0.494 e. The summed E-state index contributed by atoms with van der Waals surface area (Å²) in [5.41, 5.74) is 1.19. The van der Waals surface area contributed by atoms with Gasteiger partial charge >= 0.3 is 13.2 Å². The summed E-state index contributed by atoms with van der Waals surface area (Å²) in [5, 5.41) is 2.77. The van der Waals surface area contributed by atoms with Gasteiger partial charge in [0.15, 0.2) is 0 Å². The summed E-state index contributed by atoms with van der Waals surface area (Å²) in [6, 6.07) is 5.76. The van der Waals surface area contributed by atoms with Gasteiger partial charge < -0.3 is 18.9 Å². The molecule has 2 aliphatic heterocycles. The molecule has 9 heteroatoms. The molecule has 0 atom stereocenters. The molecule has 2 aliphatic rings. The molecule has 2 amide bonds. The quantitative estimate of drug-likeness (QED) is 0.545. The van der Waals surface area contributed by atoms with E-state index in [0.717, 1.165) is 23.9 Å². The predicted molar refractivity (Wildman–Crippen MR) is 148 cm³/mol. The van der Waals surface area contributed by atoms with E-state index in [9.17, 15) is 9.59 Å². The van der Waals surface area contributed by atoms with Crippen molar-refractivity contribution in [1.29, 1.82) is 0 Å². The van der Waals surface area contributed by atoms with Gasteiger partial charge in [-0.2, -0.15) is 0 Å². The van der Waals surface area contributed by atoms with Gasteiger partial charge in [-0.25, -0.2) is 9.79 Å². The van der Waals surface area contributed by atoms with Gasteiger partial charge in [0, 0.05) is 30.6 Å². The number of carbonyl (C=O) groups excluding carboxylic acids is 2.